The Balaban J connectivity index is 0. The molecule has 0 aliphatic carbocycles. The van der Waals surface area contributed by atoms with Gasteiger partial charge in [-0.05, 0) is 23.3 Å². The highest BCUT2D eigenvalue weighted by Gasteiger charge is 1.62. The summed E-state index contributed by atoms with van der Waals surface area (Å²) in [6.07, 6.45) is 0. The van der Waals surface area contributed by atoms with Crippen molar-refractivity contribution in [2.24, 2.45) is 0 Å². The molecule has 7 heavy (non-hydrogen) atoms. The molecule has 0 bridgehead atoms. The van der Waals surface area contributed by atoms with E-state index in [0.29, 0.717) is 0 Å². The molecule has 0 saturated heterocycles. The minimum absolute atomic E-state index is 1.09. The zero-order chi connectivity index (χ0) is 6.12. The van der Waals surface area contributed by atoms with Crippen LogP contribution in [0.3, 0.4) is 0 Å². The maximum Gasteiger partial charge on any atom is -0.000585 e. The topological polar surface area (TPSA) is 12.0 Å². The van der Waals surface area contributed by atoms with Crippen molar-refractivity contribution in [2.45, 2.75) is 20.4 Å². The zero-order valence-corrected chi connectivity index (χ0v) is 7.91. The van der Waals surface area contributed by atoms with Gasteiger partial charge in [0, 0.05) is 0 Å². The molecule has 46 valence electrons. The van der Waals surface area contributed by atoms with E-state index in [-0.39, 0.29) is 0 Å². The van der Waals surface area contributed by atoms with Gasteiger partial charge in [-0.25, -0.2) is 0 Å². The zero-order valence-electron chi connectivity index (χ0n) is 5.91. The molecule has 0 aliphatic rings. The van der Waals surface area contributed by atoms with Gasteiger partial charge in [0.2, 0.25) is 0 Å². The summed E-state index contributed by atoms with van der Waals surface area (Å²) in [4.78, 5) is 0. The Morgan fingerprint density at radius 3 is 1.43 bits per heavy atom. The molecular weight excluding hydrogens is 102 g/mol. The van der Waals surface area contributed by atoms with Crippen LogP contribution in [-0.2, 0) is 0 Å². The normalized spacial score (nSPS) is 7.29. The Morgan fingerprint density at radius 1 is 1.14 bits per heavy atom. The fourth-order valence-electron chi connectivity index (χ4n) is 0.250. The number of nitrogens with one attached hydrogen (secondary N) is 1. The van der Waals surface area contributed by atoms with Crippen molar-refractivity contribution in [3.63, 3.8) is 0 Å². The summed E-state index contributed by atoms with van der Waals surface area (Å²) in [5.41, 5.74) is 0. The van der Waals surface area contributed by atoms with Crippen LogP contribution < -0.4 is 5.32 Å². The third-order valence-corrected chi connectivity index (χ3v) is 0.500. The van der Waals surface area contributed by atoms with Crippen LogP contribution in [0.1, 0.15) is 13.8 Å². The Hall–Kier alpha value is 0.177. The molecule has 2 heteroatoms. The first-order valence-electron chi connectivity index (χ1n) is 3.12. The summed E-state index contributed by atoms with van der Waals surface area (Å²) >= 11 is 0. The van der Waals surface area contributed by atoms with Gasteiger partial charge in [-0.2, -0.15) is 0 Å². The van der Waals surface area contributed by atoms with Crippen LogP contribution in [0.4, 0.5) is 0 Å². The molecule has 0 aromatic rings. The fourth-order valence-corrected chi connectivity index (χ4v) is 0.250. The molecule has 0 amide bonds. The van der Waals surface area contributed by atoms with Crippen molar-refractivity contribution in [1.82, 2.24) is 5.32 Å². The summed E-state index contributed by atoms with van der Waals surface area (Å²) in [6, 6.07) is 0. The van der Waals surface area contributed by atoms with Crippen molar-refractivity contribution in [2.75, 3.05) is 13.1 Å². The van der Waals surface area contributed by atoms with Gasteiger partial charge >= 0.3 is 0 Å². The first-order chi connectivity index (χ1) is 3.41. The van der Waals surface area contributed by atoms with Crippen LogP contribution in [0.2, 0.25) is 6.55 Å². The largest absolute Gasteiger partial charge is 0.317 e. The maximum absolute atomic E-state index is 3.11. The predicted octanol–water partition coefficient (Wildman–Crippen LogP) is 0.0157. The molecule has 1 N–H and O–H groups in total. The second-order valence-electron chi connectivity index (χ2n) is 0.957. The molecule has 0 aromatic heterocycles. The molecule has 0 heterocycles. The van der Waals surface area contributed by atoms with E-state index in [9.17, 15) is 0 Å². The van der Waals surface area contributed by atoms with Crippen LogP contribution in [0, 0.1) is 0 Å². The summed E-state index contributed by atoms with van der Waals surface area (Å²) in [7, 11) is 1.31. The van der Waals surface area contributed by atoms with Gasteiger partial charge in [0.05, 0.1) is 0 Å². The number of rotatable bonds is 2. The molecule has 0 saturated carbocycles. The summed E-state index contributed by atoms with van der Waals surface area (Å²) in [5.74, 6) is 0. The number of hydrogen-bond acceptors (Lipinski definition) is 1. The van der Waals surface area contributed by atoms with E-state index in [2.05, 4.69) is 25.7 Å². The van der Waals surface area contributed by atoms with Crippen molar-refractivity contribution in [3.05, 3.63) is 0 Å². The summed E-state index contributed by atoms with van der Waals surface area (Å²) in [5, 5.41) is 3.11. The van der Waals surface area contributed by atoms with Gasteiger partial charge in [0.15, 0.2) is 0 Å². The molecule has 0 rings (SSSR count). The van der Waals surface area contributed by atoms with Crippen molar-refractivity contribution >= 4 is 10.2 Å². The highest BCUT2D eigenvalue weighted by atomic mass is 28.1. The molecule has 1 nitrogen and oxygen atoms in total. The van der Waals surface area contributed by atoms with E-state index in [1.807, 2.05) is 0 Å². The summed E-state index contributed by atoms with van der Waals surface area (Å²) < 4.78 is 0. The van der Waals surface area contributed by atoms with Gasteiger partial charge in [-0.15, -0.1) is 0 Å². The van der Waals surface area contributed by atoms with Crippen LogP contribution in [0.5, 0.6) is 0 Å². The fraction of sp³-hybridized carbons (Fsp3) is 1.00. The Kier molecular flexibility index (Phi) is 23.9. The van der Waals surface area contributed by atoms with Crippen LogP contribution in [-0.4, -0.2) is 23.3 Å². The molecule has 0 radical (unpaired) electrons. The average molecular weight is 119 g/mol. The number of hydrogen-bond donors (Lipinski definition) is 1. The standard InChI is InChI=1S/C4H11N.CH6Si/c1-3-5-4-2;1-2/h5H,3-4H2,1-2H3;1-2H3. The second kappa shape index (κ2) is 16.4. The lowest BCUT2D eigenvalue weighted by Gasteiger charge is -1.86. The predicted molar refractivity (Wildman–Crippen MR) is 40.0 cm³/mol. The van der Waals surface area contributed by atoms with Gasteiger partial charge < -0.3 is 5.32 Å². The molecule has 0 atom stereocenters. The maximum atomic E-state index is 3.11. The van der Waals surface area contributed by atoms with Crippen LogP contribution in [0.15, 0.2) is 0 Å². The van der Waals surface area contributed by atoms with E-state index < -0.39 is 0 Å². The Bertz CT molecular complexity index is 15.6. The minimum Gasteiger partial charge on any atom is -0.317 e. The van der Waals surface area contributed by atoms with E-state index in [0.717, 1.165) is 13.1 Å². The molecule has 0 aromatic carbocycles. The smallest absolute Gasteiger partial charge is 0.000585 e. The lowest BCUT2D eigenvalue weighted by Crippen LogP contribution is -2.09. The van der Waals surface area contributed by atoms with E-state index in [1.54, 1.807) is 0 Å². The van der Waals surface area contributed by atoms with E-state index in [1.165, 1.54) is 10.2 Å². The third-order valence-electron chi connectivity index (χ3n) is 0.500. The van der Waals surface area contributed by atoms with Crippen molar-refractivity contribution in [3.8, 4) is 0 Å². The Labute approximate surface area is 49.9 Å². The van der Waals surface area contributed by atoms with Gasteiger partial charge in [-0.1, -0.05) is 20.4 Å². The van der Waals surface area contributed by atoms with Gasteiger partial charge in [0.1, 0.15) is 0 Å². The van der Waals surface area contributed by atoms with Gasteiger partial charge in [0.25, 0.3) is 0 Å². The monoisotopic (exact) mass is 119 g/mol. The molecule has 0 fully saturated rings. The van der Waals surface area contributed by atoms with Crippen molar-refractivity contribution in [1.29, 1.82) is 0 Å². The highest BCUT2D eigenvalue weighted by molar-refractivity contribution is 6.05. The molecular formula is C5H17NSi. The lowest BCUT2D eigenvalue weighted by molar-refractivity contribution is 0.762. The van der Waals surface area contributed by atoms with E-state index in [4.69, 9.17) is 0 Å². The molecule has 0 unspecified atom stereocenters. The summed E-state index contributed by atoms with van der Waals surface area (Å²) in [6.45, 7) is 8.53. The average Bonchev–Trinajstić information content (AvgIpc) is 1.75. The molecule has 0 spiro atoms. The highest BCUT2D eigenvalue weighted by Crippen LogP contribution is 1.47. The van der Waals surface area contributed by atoms with E-state index >= 15 is 0 Å². The van der Waals surface area contributed by atoms with Gasteiger partial charge in [-0.3, -0.25) is 0 Å². The first kappa shape index (κ1) is 10.2. The Morgan fingerprint density at radius 2 is 1.43 bits per heavy atom. The lowest BCUT2D eigenvalue weighted by atomic mass is 10.7. The van der Waals surface area contributed by atoms with Crippen LogP contribution in [0.25, 0.3) is 0 Å². The van der Waals surface area contributed by atoms with Crippen molar-refractivity contribution < 1.29 is 0 Å². The molecule has 0 aliphatic heterocycles. The second-order valence-corrected chi connectivity index (χ2v) is 0.957. The minimum atomic E-state index is 1.09. The SMILES string of the molecule is CCNCC.C[SiH3]. The first-order valence-corrected chi connectivity index (χ1v) is 5.12. The third kappa shape index (κ3) is 22.7. The quantitative estimate of drug-likeness (QED) is 0.505. The van der Waals surface area contributed by atoms with Crippen LogP contribution >= 0.6 is 0 Å².